The number of hydrogen-bond donors (Lipinski definition) is 2. The summed E-state index contributed by atoms with van der Waals surface area (Å²) in [4.78, 5) is 4.54. The lowest BCUT2D eigenvalue weighted by Gasteiger charge is -2.37. The monoisotopic (exact) mass is 309 g/mol. The largest absolute Gasteiger partial charge is 0.381 e. The number of benzene rings is 1. The number of nitrogens with two attached hydrogens (primary N) is 1. The van der Waals surface area contributed by atoms with Gasteiger partial charge in [-0.2, -0.15) is 0 Å². The summed E-state index contributed by atoms with van der Waals surface area (Å²) in [6, 6.07) is 8.02. The van der Waals surface area contributed by atoms with Gasteiger partial charge in [-0.3, -0.25) is 4.99 Å². The summed E-state index contributed by atoms with van der Waals surface area (Å²) < 4.78 is 5.52. The van der Waals surface area contributed by atoms with Crippen LogP contribution in [0, 0.1) is 0 Å². The van der Waals surface area contributed by atoms with Gasteiger partial charge < -0.3 is 15.8 Å². The minimum absolute atomic E-state index is 0.0743. The van der Waals surface area contributed by atoms with Crippen LogP contribution < -0.4 is 11.1 Å². The average Bonchev–Trinajstić information content (AvgIpc) is 2.52. The highest BCUT2D eigenvalue weighted by molar-refractivity contribution is 6.31. The van der Waals surface area contributed by atoms with Crippen LogP contribution >= 0.6 is 11.6 Å². The van der Waals surface area contributed by atoms with Crippen molar-refractivity contribution in [1.82, 2.24) is 5.32 Å². The molecule has 0 spiro atoms. The number of aliphatic imine (C=N–C) groups is 1. The molecule has 0 bridgehead atoms. The number of guanidine groups is 1. The van der Waals surface area contributed by atoms with Crippen LogP contribution in [0.1, 0.15) is 31.7 Å². The number of rotatable bonds is 5. The van der Waals surface area contributed by atoms with Crippen LogP contribution in [0.4, 0.5) is 0 Å². The summed E-state index contributed by atoms with van der Waals surface area (Å²) in [6.07, 6.45) is 2.86. The molecule has 1 aromatic carbocycles. The van der Waals surface area contributed by atoms with Crippen molar-refractivity contribution in [2.45, 2.75) is 31.6 Å². The Morgan fingerprint density at radius 2 is 2.10 bits per heavy atom. The van der Waals surface area contributed by atoms with Crippen LogP contribution in [-0.4, -0.2) is 32.3 Å². The van der Waals surface area contributed by atoms with Crippen molar-refractivity contribution in [2.24, 2.45) is 10.7 Å². The van der Waals surface area contributed by atoms with Gasteiger partial charge in [-0.1, -0.05) is 36.7 Å². The van der Waals surface area contributed by atoms with Gasteiger partial charge in [-0.25, -0.2) is 0 Å². The van der Waals surface area contributed by atoms with Crippen molar-refractivity contribution in [3.63, 3.8) is 0 Å². The average molecular weight is 310 g/mol. The first-order valence-electron chi connectivity index (χ1n) is 7.54. The van der Waals surface area contributed by atoms with E-state index < -0.39 is 0 Å². The molecule has 0 radical (unpaired) electrons. The van der Waals surface area contributed by atoms with Gasteiger partial charge in [0.1, 0.15) is 0 Å². The summed E-state index contributed by atoms with van der Waals surface area (Å²) >= 11 is 6.41. The minimum Gasteiger partial charge on any atom is -0.381 e. The van der Waals surface area contributed by atoms with E-state index in [9.17, 15) is 0 Å². The van der Waals surface area contributed by atoms with Gasteiger partial charge in [0.25, 0.3) is 0 Å². The zero-order chi connectivity index (χ0) is 15.1. The van der Waals surface area contributed by atoms with Gasteiger partial charge in [0.05, 0.1) is 6.54 Å². The number of halogens is 1. The molecule has 0 saturated carbocycles. The maximum Gasteiger partial charge on any atom is 0.188 e. The predicted molar refractivity (Wildman–Crippen MR) is 88.0 cm³/mol. The Hall–Kier alpha value is -1.26. The van der Waals surface area contributed by atoms with Gasteiger partial charge in [-0.15, -0.1) is 0 Å². The Labute approximate surface area is 131 Å². The van der Waals surface area contributed by atoms with E-state index in [1.165, 1.54) is 0 Å². The first kappa shape index (κ1) is 16.1. The van der Waals surface area contributed by atoms with Gasteiger partial charge in [-0.05, 0) is 30.9 Å². The molecule has 1 heterocycles. The third kappa shape index (κ3) is 4.11. The highest BCUT2D eigenvalue weighted by Gasteiger charge is 2.35. The van der Waals surface area contributed by atoms with E-state index in [1.807, 2.05) is 18.2 Å². The topological polar surface area (TPSA) is 59.6 Å². The van der Waals surface area contributed by atoms with E-state index in [2.05, 4.69) is 23.3 Å². The van der Waals surface area contributed by atoms with Crippen molar-refractivity contribution in [3.05, 3.63) is 34.9 Å². The van der Waals surface area contributed by atoms with E-state index in [0.29, 0.717) is 12.5 Å². The van der Waals surface area contributed by atoms with Crippen molar-refractivity contribution >= 4 is 17.6 Å². The molecule has 1 aliphatic rings. The molecule has 5 heteroatoms. The molecular formula is C16H24ClN3O. The van der Waals surface area contributed by atoms with Crippen LogP contribution in [0.3, 0.4) is 0 Å². The van der Waals surface area contributed by atoms with E-state index in [4.69, 9.17) is 22.1 Å². The molecule has 0 aromatic heterocycles. The molecule has 1 saturated heterocycles. The Bertz CT molecular complexity index is 484. The zero-order valence-electron chi connectivity index (χ0n) is 12.6. The van der Waals surface area contributed by atoms with Crippen molar-refractivity contribution in [3.8, 4) is 0 Å². The first-order valence-corrected chi connectivity index (χ1v) is 7.92. The predicted octanol–water partition coefficient (Wildman–Crippen LogP) is 2.70. The standard InChI is InChI=1S/C16H24ClN3O/c1-2-9-19-15(18)20-12-16(7-10-21-11-8-16)13-5-3-4-6-14(13)17/h3-6H,2,7-12H2,1H3,(H3,18,19,20). The summed E-state index contributed by atoms with van der Waals surface area (Å²) in [5.74, 6) is 0.509. The van der Waals surface area contributed by atoms with E-state index in [1.54, 1.807) is 0 Å². The normalized spacial score (nSPS) is 18.5. The Balaban J connectivity index is 2.20. The molecule has 0 atom stereocenters. The molecule has 1 aromatic rings. The molecule has 1 fully saturated rings. The summed E-state index contributed by atoms with van der Waals surface area (Å²) in [7, 11) is 0. The number of hydrogen-bond acceptors (Lipinski definition) is 2. The quantitative estimate of drug-likeness (QED) is 0.649. The van der Waals surface area contributed by atoms with Crippen LogP contribution in [0.15, 0.2) is 29.3 Å². The lowest BCUT2D eigenvalue weighted by Crippen LogP contribution is -2.39. The summed E-state index contributed by atoms with van der Waals surface area (Å²) in [5.41, 5.74) is 7.01. The second-order valence-corrected chi connectivity index (χ2v) is 5.91. The van der Waals surface area contributed by atoms with Crippen molar-refractivity contribution in [1.29, 1.82) is 0 Å². The molecule has 4 nitrogen and oxygen atoms in total. The maximum atomic E-state index is 6.41. The Morgan fingerprint density at radius 3 is 2.76 bits per heavy atom. The van der Waals surface area contributed by atoms with Gasteiger partial charge in [0.15, 0.2) is 5.96 Å². The third-order valence-electron chi connectivity index (χ3n) is 4.00. The van der Waals surface area contributed by atoms with Crippen LogP contribution in [0.25, 0.3) is 0 Å². The summed E-state index contributed by atoms with van der Waals surface area (Å²) in [6.45, 7) is 5.07. The van der Waals surface area contributed by atoms with Crippen LogP contribution in [0.2, 0.25) is 5.02 Å². The molecule has 0 amide bonds. The lowest BCUT2D eigenvalue weighted by molar-refractivity contribution is 0.0531. The number of ether oxygens (including phenoxy) is 1. The lowest BCUT2D eigenvalue weighted by atomic mass is 9.74. The number of nitrogens with zero attached hydrogens (tertiary/aromatic N) is 1. The van der Waals surface area contributed by atoms with Crippen molar-refractivity contribution < 1.29 is 4.74 Å². The summed E-state index contributed by atoms with van der Waals surface area (Å²) in [5, 5.41) is 3.92. The molecule has 21 heavy (non-hydrogen) atoms. The zero-order valence-corrected chi connectivity index (χ0v) is 13.3. The second kappa shape index (κ2) is 7.66. The molecule has 3 N–H and O–H groups in total. The van der Waals surface area contributed by atoms with E-state index in [-0.39, 0.29) is 5.41 Å². The third-order valence-corrected chi connectivity index (χ3v) is 4.33. The first-order chi connectivity index (χ1) is 10.2. The molecule has 116 valence electrons. The van der Waals surface area contributed by atoms with Gasteiger partial charge in [0, 0.05) is 30.2 Å². The van der Waals surface area contributed by atoms with Gasteiger partial charge in [0.2, 0.25) is 0 Å². The molecule has 0 aliphatic carbocycles. The van der Waals surface area contributed by atoms with Gasteiger partial charge >= 0.3 is 0 Å². The molecule has 2 rings (SSSR count). The maximum absolute atomic E-state index is 6.41. The van der Waals surface area contributed by atoms with Crippen LogP contribution in [0.5, 0.6) is 0 Å². The Morgan fingerprint density at radius 1 is 1.38 bits per heavy atom. The smallest absolute Gasteiger partial charge is 0.188 e. The van der Waals surface area contributed by atoms with E-state index in [0.717, 1.165) is 49.6 Å². The highest BCUT2D eigenvalue weighted by Crippen LogP contribution is 2.38. The second-order valence-electron chi connectivity index (χ2n) is 5.50. The van der Waals surface area contributed by atoms with Crippen LogP contribution in [-0.2, 0) is 10.2 Å². The molecular weight excluding hydrogens is 286 g/mol. The highest BCUT2D eigenvalue weighted by atomic mass is 35.5. The van der Waals surface area contributed by atoms with E-state index >= 15 is 0 Å². The molecule has 1 aliphatic heterocycles. The fraction of sp³-hybridized carbons (Fsp3) is 0.562. The minimum atomic E-state index is -0.0743. The van der Waals surface area contributed by atoms with Crippen molar-refractivity contribution in [2.75, 3.05) is 26.3 Å². The SMILES string of the molecule is CCCNC(N)=NCC1(c2ccccc2Cl)CCOCC1. The Kier molecular flexibility index (Phi) is 5.88. The fourth-order valence-electron chi connectivity index (χ4n) is 2.71. The number of nitrogens with one attached hydrogen (secondary N) is 1. The fourth-order valence-corrected chi connectivity index (χ4v) is 3.05. The molecule has 0 unspecified atom stereocenters.